The molecule has 32 heavy (non-hydrogen) atoms. The molecule has 0 fully saturated rings. The molecule has 1 amide bonds. The first-order valence-electron chi connectivity index (χ1n) is 10.4. The summed E-state index contributed by atoms with van der Waals surface area (Å²) in [5, 5.41) is 3.25. The van der Waals surface area contributed by atoms with Crippen LogP contribution in [0.1, 0.15) is 19.8 Å². The summed E-state index contributed by atoms with van der Waals surface area (Å²) in [6, 6.07) is 15.3. The highest BCUT2D eigenvalue weighted by molar-refractivity contribution is 7.99. The van der Waals surface area contributed by atoms with Crippen LogP contribution in [0.15, 0.2) is 70.7 Å². The lowest BCUT2D eigenvalue weighted by Gasteiger charge is -2.12. The van der Waals surface area contributed by atoms with Crippen LogP contribution >= 0.6 is 11.8 Å². The molecule has 0 aliphatic heterocycles. The van der Waals surface area contributed by atoms with Crippen molar-refractivity contribution in [2.24, 2.45) is 0 Å². The van der Waals surface area contributed by atoms with Crippen molar-refractivity contribution in [2.75, 3.05) is 12.3 Å². The van der Waals surface area contributed by atoms with E-state index in [0.29, 0.717) is 28.4 Å². The van der Waals surface area contributed by atoms with Gasteiger partial charge in [0, 0.05) is 18.3 Å². The van der Waals surface area contributed by atoms with E-state index in [1.807, 2.05) is 30.3 Å². The number of halogens is 1. The summed E-state index contributed by atoms with van der Waals surface area (Å²) in [4.78, 5) is 33.5. The molecule has 2 heterocycles. The predicted molar refractivity (Wildman–Crippen MR) is 126 cm³/mol. The van der Waals surface area contributed by atoms with E-state index in [1.54, 1.807) is 6.20 Å². The largest absolute Gasteiger partial charge is 0.355 e. The number of nitrogens with one attached hydrogen (secondary N) is 2. The zero-order chi connectivity index (χ0) is 22.5. The molecule has 164 valence electrons. The van der Waals surface area contributed by atoms with Gasteiger partial charge in [0.25, 0.3) is 5.56 Å². The maximum absolute atomic E-state index is 13.5. The SMILES string of the molecule is CCCCNC(=O)CSc1nc2c(-c3ccccc3)c[nH]c2c(=O)n1-c1ccc(F)cc1. The number of carbonyl (C=O) groups is 1. The number of carbonyl (C=O) groups excluding carboxylic acids is 1. The molecule has 0 unspecified atom stereocenters. The third kappa shape index (κ3) is 4.60. The summed E-state index contributed by atoms with van der Waals surface area (Å²) in [6.07, 6.45) is 3.66. The second-order valence-electron chi connectivity index (χ2n) is 7.30. The van der Waals surface area contributed by atoms with Gasteiger partial charge in [0.1, 0.15) is 16.9 Å². The maximum Gasteiger partial charge on any atom is 0.283 e. The zero-order valence-electron chi connectivity index (χ0n) is 17.6. The van der Waals surface area contributed by atoms with Crippen molar-refractivity contribution in [1.29, 1.82) is 0 Å². The molecule has 8 heteroatoms. The fourth-order valence-corrected chi connectivity index (χ4v) is 4.21. The van der Waals surface area contributed by atoms with E-state index >= 15 is 0 Å². The van der Waals surface area contributed by atoms with Crippen LogP contribution in [-0.2, 0) is 4.79 Å². The third-order valence-corrected chi connectivity index (χ3v) is 5.96. The number of amides is 1. The number of rotatable bonds is 8. The Balaban J connectivity index is 1.78. The molecule has 2 N–H and O–H groups in total. The van der Waals surface area contributed by atoms with Gasteiger partial charge in [0.15, 0.2) is 5.16 Å². The lowest BCUT2D eigenvalue weighted by molar-refractivity contribution is -0.118. The van der Waals surface area contributed by atoms with Crippen LogP contribution in [0.3, 0.4) is 0 Å². The van der Waals surface area contributed by atoms with Gasteiger partial charge in [-0.1, -0.05) is 55.4 Å². The molecule has 4 rings (SSSR count). The number of nitrogens with zero attached hydrogens (tertiary/aromatic N) is 2. The van der Waals surface area contributed by atoms with Gasteiger partial charge in [-0.15, -0.1) is 0 Å². The number of fused-ring (bicyclic) bond motifs is 1. The normalized spacial score (nSPS) is 11.1. The van der Waals surface area contributed by atoms with Gasteiger partial charge < -0.3 is 10.3 Å². The number of hydrogen-bond donors (Lipinski definition) is 2. The molecular weight excluding hydrogens is 427 g/mol. The Hall–Kier alpha value is -3.39. The molecule has 0 saturated carbocycles. The number of H-pyrrole nitrogens is 1. The van der Waals surface area contributed by atoms with Gasteiger partial charge in [0.05, 0.1) is 11.4 Å². The van der Waals surface area contributed by atoms with Gasteiger partial charge in [-0.3, -0.25) is 14.2 Å². The average Bonchev–Trinajstić information content (AvgIpc) is 3.24. The van der Waals surface area contributed by atoms with E-state index in [1.165, 1.54) is 40.6 Å². The molecular formula is C24H23FN4O2S. The number of benzene rings is 2. The summed E-state index contributed by atoms with van der Waals surface area (Å²) < 4.78 is 14.9. The monoisotopic (exact) mass is 450 g/mol. The lowest BCUT2D eigenvalue weighted by atomic mass is 10.1. The van der Waals surface area contributed by atoms with E-state index in [4.69, 9.17) is 4.98 Å². The molecule has 0 aliphatic rings. The summed E-state index contributed by atoms with van der Waals surface area (Å²) in [6.45, 7) is 2.67. The van der Waals surface area contributed by atoms with E-state index in [0.717, 1.165) is 24.0 Å². The Kier molecular flexibility index (Phi) is 6.70. The quantitative estimate of drug-likeness (QED) is 0.235. The number of hydrogen-bond acceptors (Lipinski definition) is 4. The van der Waals surface area contributed by atoms with Crippen LogP contribution in [0.4, 0.5) is 4.39 Å². The Morgan fingerprint density at radius 3 is 2.62 bits per heavy atom. The summed E-state index contributed by atoms with van der Waals surface area (Å²) >= 11 is 1.18. The summed E-state index contributed by atoms with van der Waals surface area (Å²) in [5.41, 5.74) is 2.79. The van der Waals surface area contributed by atoms with Crippen molar-refractivity contribution in [3.05, 3.63) is 77.0 Å². The van der Waals surface area contributed by atoms with Crippen molar-refractivity contribution in [3.8, 4) is 16.8 Å². The molecule has 0 saturated heterocycles. The minimum atomic E-state index is -0.397. The molecule has 2 aromatic heterocycles. The Morgan fingerprint density at radius 1 is 1.16 bits per heavy atom. The Labute approximate surface area is 188 Å². The highest BCUT2D eigenvalue weighted by Crippen LogP contribution is 2.28. The van der Waals surface area contributed by atoms with Crippen LogP contribution in [0.25, 0.3) is 27.8 Å². The minimum absolute atomic E-state index is 0.119. The maximum atomic E-state index is 13.5. The number of unbranched alkanes of at least 4 members (excludes halogenated alkanes) is 1. The molecule has 0 radical (unpaired) electrons. The molecule has 6 nitrogen and oxygen atoms in total. The van der Waals surface area contributed by atoms with Crippen molar-refractivity contribution >= 4 is 28.7 Å². The third-order valence-electron chi connectivity index (χ3n) is 5.02. The smallest absolute Gasteiger partial charge is 0.283 e. The molecule has 0 bridgehead atoms. The molecule has 0 atom stereocenters. The number of thioether (sulfide) groups is 1. The van der Waals surface area contributed by atoms with Crippen molar-refractivity contribution in [3.63, 3.8) is 0 Å². The second kappa shape index (κ2) is 9.82. The second-order valence-corrected chi connectivity index (χ2v) is 8.24. The number of aromatic nitrogens is 3. The standard InChI is InChI=1S/C24H23FN4O2S/c1-2-3-13-26-20(30)15-32-24-28-21-19(16-7-5-4-6-8-16)14-27-22(21)23(31)29(24)18-11-9-17(25)10-12-18/h4-12,14,27H,2-3,13,15H2,1H3,(H,26,30). The first-order chi connectivity index (χ1) is 15.6. The van der Waals surface area contributed by atoms with E-state index in [9.17, 15) is 14.0 Å². The predicted octanol–water partition coefficient (Wildman–Crippen LogP) is 4.53. The number of aromatic amines is 1. The highest BCUT2D eigenvalue weighted by atomic mass is 32.2. The van der Waals surface area contributed by atoms with Gasteiger partial charge in [-0.2, -0.15) is 0 Å². The van der Waals surface area contributed by atoms with Crippen molar-refractivity contribution < 1.29 is 9.18 Å². The molecule has 4 aromatic rings. The van der Waals surface area contributed by atoms with Gasteiger partial charge in [-0.25, -0.2) is 9.37 Å². The fraction of sp³-hybridized carbons (Fsp3) is 0.208. The van der Waals surface area contributed by atoms with E-state index in [-0.39, 0.29) is 17.2 Å². The highest BCUT2D eigenvalue weighted by Gasteiger charge is 2.18. The summed E-state index contributed by atoms with van der Waals surface area (Å²) in [5.74, 6) is -0.402. The van der Waals surface area contributed by atoms with Crippen LogP contribution in [0.5, 0.6) is 0 Å². The van der Waals surface area contributed by atoms with Gasteiger partial charge in [-0.05, 0) is 36.2 Å². The Morgan fingerprint density at radius 2 is 1.91 bits per heavy atom. The summed E-state index contributed by atoms with van der Waals surface area (Å²) in [7, 11) is 0. The average molecular weight is 451 g/mol. The topological polar surface area (TPSA) is 79.8 Å². The van der Waals surface area contributed by atoms with Crippen molar-refractivity contribution in [1.82, 2.24) is 19.9 Å². The van der Waals surface area contributed by atoms with E-state index < -0.39 is 5.82 Å². The lowest BCUT2D eigenvalue weighted by Crippen LogP contribution is -2.27. The molecule has 0 aliphatic carbocycles. The molecule has 0 spiro atoms. The van der Waals surface area contributed by atoms with Crippen LogP contribution in [0, 0.1) is 5.82 Å². The molecule has 2 aromatic carbocycles. The minimum Gasteiger partial charge on any atom is -0.355 e. The van der Waals surface area contributed by atoms with Crippen LogP contribution < -0.4 is 10.9 Å². The van der Waals surface area contributed by atoms with Crippen LogP contribution in [-0.4, -0.2) is 32.7 Å². The van der Waals surface area contributed by atoms with E-state index in [2.05, 4.69) is 17.2 Å². The first kappa shape index (κ1) is 21.8. The fourth-order valence-electron chi connectivity index (χ4n) is 3.38. The van der Waals surface area contributed by atoms with Gasteiger partial charge in [0.2, 0.25) is 5.91 Å². The zero-order valence-corrected chi connectivity index (χ0v) is 18.4. The van der Waals surface area contributed by atoms with Crippen LogP contribution in [0.2, 0.25) is 0 Å². The van der Waals surface area contributed by atoms with Gasteiger partial charge >= 0.3 is 0 Å². The Bertz CT molecular complexity index is 1280. The first-order valence-corrected chi connectivity index (χ1v) is 11.4. The van der Waals surface area contributed by atoms with Crippen molar-refractivity contribution in [2.45, 2.75) is 24.9 Å².